The first-order valence-corrected chi connectivity index (χ1v) is 12.4. The van der Waals surface area contributed by atoms with E-state index in [0.717, 1.165) is 4.31 Å². The number of nitrogens with zero attached hydrogens (tertiary/aromatic N) is 2. The number of benzene rings is 1. The van der Waals surface area contributed by atoms with Crippen LogP contribution < -0.4 is 4.74 Å². The van der Waals surface area contributed by atoms with Crippen LogP contribution in [0.3, 0.4) is 0 Å². The lowest BCUT2D eigenvalue weighted by Gasteiger charge is -2.32. The van der Waals surface area contributed by atoms with E-state index in [-0.39, 0.29) is 48.8 Å². The van der Waals surface area contributed by atoms with Gasteiger partial charge in [-0.25, -0.2) is 8.42 Å². The smallest absolute Gasteiger partial charge is 0.288 e. The summed E-state index contributed by atoms with van der Waals surface area (Å²) >= 11 is 0. The van der Waals surface area contributed by atoms with E-state index >= 15 is 0 Å². The summed E-state index contributed by atoms with van der Waals surface area (Å²) in [7, 11) is -2.33. The van der Waals surface area contributed by atoms with Gasteiger partial charge in [0.15, 0.2) is 5.76 Å². The molecule has 2 heterocycles. The van der Waals surface area contributed by atoms with Gasteiger partial charge in [-0.2, -0.15) is 4.31 Å². The van der Waals surface area contributed by atoms with Gasteiger partial charge in [-0.1, -0.05) is 6.92 Å². The Bertz CT molecular complexity index is 913. The molecule has 1 aromatic rings. The molecule has 0 saturated carbocycles. The Balaban J connectivity index is 1.58. The van der Waals surface area contributed by atoms with Gasteiger partial charge in [-0.05, 0) is 36.3 Å². The number of aliphatic hydroxyl groups is 1. The average molecular weight is 485 g/mol. The maximum Gasteiger partial charge on any atom is 0.288 e. The number of aliphatic hydroxyl groups excluding tert-OH is 1. The van der Waals surface area contributed by atoms with Gasteiger partial charge in [0.2, 0.25) is 16.3 Å². The molecule has 0 aliphatic carbocycles. The summed E-state index contributed by atoms with van der Waals surface area (Å²) in [6, 6.07) is 6.05. The standard InChI is InChI=1S/C22H32N2O8S/c1-17-15-20(22(26)23-8-12-30-13-9-23)32-21(16-17)31-14-10-24(7-11-25)33(27,28)19-5-3-18(29-2)4-6-19/h3-6,15,17,21,25H,7-14,16H2,1-2H3/t17-,21+/m0/s1. The number of rotatable bonds is 10. The van der Waals surface area contributed by atoms with Gasteiger partial charge in [0.1, 0.15) is 5.75 Å². The van der Waals surface area contributed by atoms with Crippen molar-refractivity contribution in [2.75, 3.05) is 59.7 Å². The van der Waals surface area contributed by atoms with E-state index in [4.69, 9.17) is 18.9 Å². The van der Waals surface area contributed by atoms with E-state index in [2.05, 4.69) is 0 Å². The Labute approximate surface area is 194 Å². The second kappa shape index (κ2) is 11.8. The second-order valence-electron chi connectivity index (χ2n) is 7.87. The van der Waals surface area contributed by atoms with Crippen LogP contribution in [0.1, 0.15) is 13.3 Å². The molecule has 2 aliphatic heterocycles. The lowest BCUT2D eigenvalue weighted by Crippen LogP contribution is -2.43. The Morgan fingerprint density at radius 1 is 1.21 bits per heavy atom. The molecule has 33 heavy (non-hydrogen) atoms. The number of allylic oxidation sites excluding steroid dienone is 1. The van der Waals surface area contributed by atoms with Crippen LogP contribution in [0.4, 0.5) is 0 Å². The largest absolute Gasteiger partial charge is 0.497 e. The molecular weight excluding hydrogens is 452 g/mol. The van der Waals surface area contributed by atoms with E-state index < -0.39 is 16.3 Å². The Kier molecular flexibility index (Phi) is 9.10. The van der Waals surface area contributed by atoms with Gasteiger partial charge in [0.25, 0.3) is 5.91 Å². The summed E-state index contributed by atoms with van der Waals surface area (Å²) in [5.74, 6) is 0.673. The summed E-state index contributed by atoms with van der Waals surface area (Å²) in [5, 5.41) is 9.38. The van der Waals surface area contributed by atoms with Gasteiger partial charge in [-0.3, -0.25) is 4.79 Å². The molecule has 10 nitrogen and oxygen atoms in total. The zero-order valence-electron chi connectivity index (χ0n) is 19.0. The van der Waals surface area contributed by atoms with E-state index in [1.807, 2.05) is 6.92 Å². The number of carbonyl (C=O) groups is 1. The number of hydrogen-bond donors (Lipinski definition) is 1. The average Bonchev–Trinajstić information content (AvgIpc) is 2.83. The maximum absolute atomic E-state index is 13.0. The molecule has 0 spiro atoms. The SMILES string of the molecule is COc1ccc(S(=O)(=O)N(CCO)CCO[C@H]2C[C@@H](C)C=C(C(=O)N3CCOCC3)O2)cc1. The molecule has 1 aromatic carbocycles. The second-order valence-corrected chi connectivity index (χ2v) is 9.81. The first kappa shape index (κ1) is 25.4. The fourth-order valence-electron chi connectivity index (χ4n) is 3.65. The van der Waals surface area contributed by atoms with Crippen molar-refractivity contribution in [3.8, 4) is 5.75 Å². The van der Waals surface area contributed by atoms with Crippen molar-refractivity contribution >= 4 is 15.9 Å². The minimum Gasteiger partial charge on any atom is -0.497 e. The van der Waals surface area contributed by atoms with E-state index in [1.165, 1.54) is 19.2 Å². The highest BCUT2D eigenvalue weighted by Crippen LogP contribution is 2.25. The molecule has 0 aromatic heterocycles. The fourth-order valence-corrected chi connectivity index (χ4v) is 5.07. The highest BCUT2D eigenvalue weighted by Gasteiger charge is 2.30. The van der Waals surface area contributed by atoms with Crippen molar-refractivity contribution in [2.24, 2.45) is 5.92 Å². The quantitative estimate of drug-likeness (QED) is 0.519. The summed E-state index contributed by atoms with van der Waals surface area (Å²) < 4.78 is 49.1. The lowest BCUT2D eigenvalue weighted by atomic mass is 10.0. The molecule has 1 N–H and O–H groups in total. The molecule has 1 amide bonds. The molecule has 0 radical (unpaired) electrons. The third-order valence-corrected chi connectivity index (χ3v) is 7.37. The number of methoxy groups -OCH3 is 1. The number of amides is 1. The molecule has 1 saturated heterocycles. The van der Waals surface area contributed by atoms with Crippen LogP contribution in [-0.4, -0.2) is 94.6 Å². The monoisotopic (exact) mass is 484 g/mol. The number of ether oxygens (including phenoxy) is 4. The highest BCUT2D eigenvalue weighted by atomic mass is 32.2. The summed E-state index contributed by atoms with van der Waals surface area (Å²) in [6.07, 6.45) is 1.68. The number of carbonyl (C=O) groups excluding carboxylic acids is 1. The predicted octanol–water partition coefficient (Wildman–Crippen LogP) is 0.820. The van der Waals surface area contributed by atoms with Crippen LogP contribution in [0.25, 0.3) is 0 Å². The minimum absolute atomic E-state index is 0.0274. The lowest BCUT2D eigenvalue weighted by molar-refractivity contribution is -0.156. The third-order valence-electron chi connectivity index (χ3n) is 5.46. The van der Waals surface area contributed by atoms with Gasteiger partial charge in [-0.15, -0.1) is 0 Å². The van der Waals surface area contributed by atoms with E-state index in [0.29, 0.717) is 38.5 Å². The molecule has 2 atom stereocenters. The normalized spacial score (nSPS) is 21.5. The van der Waals surface area contributed by atoms with Gasteiger partial charge in [0.05, 0.1) is 38.4 Å². The van der Waals surface area contributed by atoms with Crippen LogP contribution in [-0.2, 0) is 29.0 Å². The zero-order valence-corrected chi connectivity index (χ0v) is 19.8. The highest BCUT2D eigenvalue weighted by molar-refractivity contribution is 7.89. The first-order valence-electron chi connectivity index (χ1n) is 11.0. The van der Waals surface area contributed by atoms with Crippen LogP contribution >= 0.6 is 0 Å². The van der Waals surface area contributed by atoms with Crippen molar-refractivity contribution in [2.45, 2.75) is 24.5 Å². The van der Waals surface area contributed by atoms with Gasteiger partial charge >= 0.3 is 0 Å². The number of hydrogen-bond acceptors (Lipinski definition) is 8. The van der Waals surface area contributed by atoms with Crippen molar-refractivity contribution in [1.29, 1.82) is 0 Å². The van der Waals surface area contributed by atoms with Crippen LogP contribution in [0.5, 0.6) is 5.75 Å². The zero-order chi connectivity index (χ0) is 23.8. The van der Waals surface area contributed by atoms with Crippen molar-refractivity contribution in [3.05, 3.63) is 36.1 Å². The third kappa shape index (κ3) is 6.67. The van der Waals surface area contributed by atoms with Crippen molar-refractivity contribution < 1.29 is 37.3 Å². The van der Waals surface area contributed by atoms with Crippen LogP contribution in [0.2, 0.25) is 0 Å². The van der Waals surface area contributed by atoms with Crippen molar-refractivity contribution in [3.63, 3.8) is 0 Å². The first-order chi connectivity index (χ1) is 15.8. The maximum atomic E-state index is 13.0. The van der Waals surface area contributed by atoms with Gasteiger partial charge < -0.3 is 29.0 Å². The predicted molar refractivity (Wildman–Crippen MR) is 119 cm³/mol. The van der Waals surface area contributed by atoms with E-state index in [1.54, 1.807) is 23.1 Å². The fraction of sp³-hybridized carbons (Fsp3) is 0.591. The van der Waals surface area contributed by atoms with E-state index in [9.17, 15) is 18.3 Å². The molecule has 0 unspecified atom stereocenters. The van der Waals surface area contributed by atoms with Gasteiger partial charge in [0, 0.05) is 32.6 Å². The Morgan fingerprint density at radius 3 is 2.55 bits per heavy atom. The molecule has 0 bridgehead atoms. The molecule has 3 rings (SSSR count). The molecule has 2 aliphatic rings. The molecule has 1 fully saturated rings. The Hall–Kier alpha value is -2.18. The summed E-state index contributed by atoms with van der Waals surface area (Å²) in [6.45, 7) is 3.67. The molecule has 184 valence electrons. The van der Waals surface area contributed by atoms with Crippen LogP contribution in [0, 0.1) is 5.92 Å². The Morgan fingerprint density at radius 2 is 1.91 bits per heavy atom. The summed E-state index contributed by atoms with van der Waals surface area (Å²) in [4.78, 5) is 14.5. The van der Waals surface area contributed by atoms with Crippen molar-refractivity contribution in [1.82, 2.24) is 9.21 Å². The summed E-state index contributed by atoms with van der Waals surface area (Å²) in [5.41, 5.74) is 0. The number of sulfonamides is 1. The van der Waals surface area contributed by atoms with Crippen LogP contribution in [0.15, 0.2) is 41.0 Å². The molecular formula is C22H32N2O8S. The topological polar surface area (TPSA) is 115 Å². The minimum atomic E-state index is -3.83. The molecule has 11 heteroatoms. The number of morpholine rings is 1.